The number of anilines is 3. The molecule has 0 saturated carbocycles. The molecule has 6 rings (SSSR count). The average Bonchev–Trinajstić information content (AvgIpc) is 3.46. The van der Waals surface area contributed by atoms with Crippen molar-refractivity contribution in [1.29, 1.82) is 0 Å². The SMILES string of the molecule is Cc1cc(Nc2ncnc3ccc(N4CCCC4=O)nc23)ccc1Oc1ccc2c(c1)ncn2C. The summed E-state index contributed by atoms with van der Waals surface area (Å²) in [4.78, 5) is 31.7. The fourth-order valence-electron chi connectivity index (χ4n) is 4.35. The zero-order valence-electron chi connectivity index (χ0n) is 19.4. The molecule has 5 aromatic rings. The number of nitrogens with one attached hydrogen (secondary N) is 1. The average molecular weight is 466 g/mol. The van der Waals surface area contributed by atoms with Crippen LogP contribution in [0.3, 0.4) is 0 Å². The van der Waals surface area contributed by atoms with Gasteiger partial charge in [0.1, 0.15) is 29.2 Å². The third-order valence-corrected chi connectivity index (χ3v) is 6.18. The van der Waals surface area contributed by atoms with Crippen LogP contribution in [0.25, 0.3) is 22.1 Å². The van der Waals surface area contributed by atoms with Crippen LogP contribution in [0, 0.1) is 6.92 Å². The number of hydrogen-bond acceptors (Lipinski definition) is 7. The smallest absolute Gasteiger partial charge is 0.228 e. The van der Waals surface area contributed by atoms with Crippen molar-refractivity contribution in [2.75, 3.05) is 16.8 Å². The molecule has 0 unspecified atom stereocenters. The van der Waals surface area contributed by atoms with E-state index in [9.17, 15) is 4.79 Å². The quantitative estimate of drug-likeness (QED) is 0.395. The van der Waals surface area contributed by atoms with Crippen molar-refractivity contribution in [2.24, 2.45) is 7.05 Å². The molecule has 35 heavy (non-hydrogen) atoms. The molecule has 0 spiro atoms. The summed E-state index contributed by atoms with van der Waals surface area (Å²) in [5.74, 6) is 2.79. The Kier molecular flexibility index (Phi) is 5.02. The van der Waals surface area contributed by atoms with Crippen LogP contribution in [-0.2, 0) is 11.8 Å². The van der Waals surface area contributed by atoms with Gasteiger partial charge in [0.15, 0.2) is 5.82 Å². The zero-order valence-corrected chi connectivity index (χ0v) is 19.4. The van der Waals surface area contributed by atoms with Crippen LogP contribution in [0.4, 0.5) is 17.3 Å². The lowest BCUT2D eigenvalue weighted by Crippen LogP contribution is -2.24. The second-order valence-electron chi connectivity index (χ2n) is 8.62. The predicted octanol–water partition coefficient (Wildman–Crippen LogP) is 4.88. The highest BCUT2D eigenvalue weighted by atomic mass is 16.5. The maximum atomic E-state index is 12.2. The number of ether oxygens (including phenoxy) is 1. The number of fused-ring (bicyclic) bond motifs is 2. The number of imidazole rings is 1. The lowest BCUT2D eigenvalue weighted by molar-refractivity contribution is -0.117. The van der Waals surface area contributed by atoms with E-state index >= 15 is 0 Å². The first kappa shape index (κ1) is 21.0. The van der Waals surface area contributed by atoms with E-state index in [4.69, 9.17) is 9.72 Å². The first-order valence-corrected chi connectivity index (χ1v) is 11.4. The Hall–Kier alpha value is -4.53. The lowest BCUT2D eigenvalue weighted by Gasteiger charge is -2.16. The number of carbonyl (C=O) groups is 1. The normalized spacial score (nSPS) is 13.7. The van der Waals surface area contributed by atoms with Crippen molar-refractivity contribution < 1.29 is 9.53 Å². The standard InChI is InChI=1S/C26H23N7O2/c1-16-12-17(5-9-22(16)35-18-6-8-21-20(13-18)29-15-32(21)2)30-26-25-19(27-14-28-26)7-10-23(31-25)33-11-3-4-24(33)34/h5-10,12-15H,3-4,11H2,1-2H3,(H,27,28,30). The Morgan fingerprint density at radius 1 is 1.00 bits per heavy atom. The molecule has 1 aliphatic rings. The number of carbonyl (C=O) groups excluding carboxylic acids is 1. The van der Waals surface area contributed by atoms with Crippen LogP contribution in [0.1, 0.15) is 18.4 Å². The van der Waals surface area contributed by atoms with Crippen molar-refractivity contribution in [3.05, 3.63) is 66.7 Å². The van der Waals surface area contributed by atoms with Gasteiger partial charge in [0.2, 0.25) is 5.91 Å². The topological polar surface area (TPSA) is 98.1 Å². The summed E-state index contributed by atoms with van der Waals surface area (Å²) in [6, 6.07) is 15.4. The predicted molar refractivity (Wildman–Crippen MR) is 134 cm³/mol. The number of aryl methyl sites for hydroxylation is 2. The monoisotopic (exact) mass is 465 g/mol. The highest BCUT2D eigenvalue weighted by molar-refractivity contribution is 5.96. The summed E-state index contributed by atoms with van der Waals surface area (Å²) >= 11 is 0. The lowest BCUT2D eigenvalue weighted by atomic mass is 10.2. The zero-order chi connectivity index (χ0) is 23.9. The highest BCUT2D eigenvalue weighted by Crippen LogP contribution is 2.31. The number of rotatable bonds is 5. The Balaban J connectivity index is 1.26. The summed E-state index contributed by atoms with van der Waals surface area (Å²) in [5.41, 5.74) is 5.08. The number of nitrogens with zero attached hydrogens (tertiary/aromatic N) is 6. The van der Waals surface area contributed by atoms with Crippen LogP contribution < -0.4 is 15.0 Å². The van der Waals surface area contributed by atoms with Gasteiger partial charge >= 0.3 is 0 Å². The van der Waals surface area contributed by atoms with E-state index in [-0.39, 0.29) is 5.91 Å². The summed E-state index contributed by atoms with van der Waals surface area (Å²) in [6.45, 7) is 2.68. The Morgan fingerprint density at radius 3 is 2.74 bits per heavy atom. The third-order valence-electron chi connectivity index (χ3n) is 6.18. The number of hydrogen-bond donors (Lipinski definition) is 1. The van der Waals surface area contributed by atoms with Gasteiger partial charge in [-0.25, -0.2) is 19.9 Å². The minimum atomic E-state index is 0.0941. The third kappa shape index (κ3) is 3.90. The maximum Gasteiger partial charge on any atom is 0.228 e. The fourth-order valence-corrected chi connectivity index (χ4v) is 4.35. The van der Waals surface area contributed by atoms with Crippen LogP contribution in [0.5, 0.6) is 11.5 Å². The molecule has 1 N–H and O–H groups in total. The van der Waals surface area contributed by atoms with Crippen molar-refractivity contribution in [3.63, 3.8) is 0 Å². The minimum absolute atomic E-state index is 0.0941. The molecule has 0 aliphatic carbocycles. The second-order valence-corrected chi connectivity index (χ2v) is 8.62. The maximum absolute atomic E-state index is 12.2. The van der Waals surface area contributed by atoms with Crippen molar-refractivity contribution in [1.82, 2.24) is 24.5 Å². The number of pyridine rings is 1. The molecule has 9 nitrogen and oxygen atoms in total. The summed E-state index contributed by atoms with van der Waals surface area (Å²) in [7, 11) is 1.97. The van der Waals surface area contributed by atoms with Gasteiger partial charge in [-0.2, -0.15) is 0 Å². The van der Waals surface area contributed by atoms with Crippen molar-refractivity contribution in [2.45, 2.75) is 19.8 Å². The van der Waals surface area contributed by atoms with E-state index in [2.05, 4.69) is 20.3 Å². The first-order valence-electron chi connectivity index (χ1n) is 11.4. The molecule has 1 aliphatic heterocycles. The molecule has 9 heteroatoms. The van der Waals surface area contributed by atoms with Crippen molar-refractivity contribution >= 4 is 45.3 Å². The summed E-state index contributed by atoms with van der Waals surface area (Å²) < 4.78 is 8.11. The van der Waals surface area contributed by atoms with Crippen LogP contribution in [0.15, 0.2) is 61.2 Å². The molecule has 2 aromatic carbocycles. The number of benzene rings is 2. The molecule has 174 valence electrons. The van der Waals surface area contributed by atoms with Gasteiger partial charge in [-0.05, 0) is 61.4 Å². The fraction of sp³-hybridized carbons (Fsp3) is 0.192. The molecule has 1 fully saturated rings. The van der Waals surface area contributed by atoms with Crippen LogP contribution in [-0.4, -0.2) is 37.0 Å². The van der Waals surface area contributed by atoms with Gasteiger partial charge < -0.3 is 14.6 Å². The Morgan fingerprint density at radius 2 is 1.91 bits per heavy atom. The summed E-state index contributed by atoms with van der Waals surface area (Å²) in [5, 5.41) is 3.35. The van der Waals surface area contributed by atoms with Gasteiger partial charge in [0.05, 0.1) is 22.9 Å². The van der Waals surface area contributed by atoms with Gasteiger partial charge in [0.25, 0.3) is 0 Å². The van der Waals surface area contributed by atoms with E-state index in [1.165, 1.54) is 6.33 Å². The molecule has 4 heterocycles. The number of aromatic nitrogens is 5. The Bertz CT molecular complexity index is 1590. The molecule has 3 aromatic heterocycles. The molecule has 1 amide bonds. The van der Waals surface area contributed by atoms with E-state index in [1.807, 2.05) is 67.1 Å². The second kappa shape index (κ2) is 8.35. The van der Waals surface area contributed by atoms with E-state index in [0.717, 1.165) is 40.2 Å². The molecular weight excluding hydrogens is 442 g/mol. The number of amides is 1. The summed E-state index contributed by atoms with van der Waals surface area (Å²) in [6.07, 6.45) is 4.70. The van der Waals surface area contributed by atoms with Gasteiger partial charge in [-0.15, -0.1) is 0 Å². The van der Waals surface area contributed by atoms with Crippen LogP contribution in [0.2, 0.25) is 0 Å². The van der Waals surface area contributed by atoms with Gasteiger partial charge in [-0.3, -0.25) is 9.69 Å². The van der Waals surface area contributed by atoms with E-state index in [1.54, 1.807) is 11.2 Å². The Labute approximate surface area is 201 Å². The van der Waals surface area contributed by atoms with Gasteiger partial charge in [-0.1, -0.05) is 0 Å². The molecular formula is C26H23N7O2. The van der Waals surface area contributed by atoms with E-state index in [0.29, 0.717) is 35.6 Å². The molecule has 0 radical (unpaired) electrons. The largest absolute Gasteiger partial charge is 0.457 e. The van der Waals surface area contributed by atoms with E-state index < -0.39 is 0 Å². The highest BCUT2D eigenvalue weighted by Gasteiger charge is 2.23. The molecule has 0 atom stereocenters. The van der Waals surface area contributed by atoms with Crippen LogP contribution >= 0.6 is 0 Å². The first-order chi connectivity index (χ1) is 17.0. The molecule has 1 saturated heterocycles. The molecule has 0 bridgehead atoms. The minimum Gasteiger partial charge on any atom is -0.457 e. The van der Waals surface area contributed by atoms with Gasteiger partial charge in [0, 0.05) is 31.8 Å². The van der Waals surface area contributed by atoms with Crippen molar-refractivity contribution in [3.8, 4) is 11.5 Å².